The molecule has 0 radical (unpaired) electrons. The Morgan fingerprint density at radius 3 is 2.23 bits per heavy atom. The minimum atomic E-state index is -3.78. The first-order valence-electron chi connectivity index (χ1n) is 7.56. The molecule has 1 N–H and O–H groups in total. The van der Waals surface area contributed by atoms with Gasteiger partial charge in [0.25, 0.3) is 0 Å². The Bertz CT molecular complexity index is 902. The second-order valence-electron chi connectivity index (χ2n) is 5.67. The summed E-state index contributed by atoms with van der Waals surface area (Å²) >= 11 is 17.9. The molecule has 26 heavy (non-hydrogen) atoms. The first kappa shape index (κ1) is 20.8. The normalized spacial score (nSPS) is 12.5. The second-order valence-corrected chi connectivity index (χ2v) is 8.81. The lowest BCUT2D eigenvalue weighted by Gasteiger charge is -2.29. The number of sulfonamides is 1. The van der Waals surface area contributed by atoms with E-state index in [1.165, 1.54) is 19.1 Å². The fourth-order valence-corrected chi connectivity index (χ4v) is 4.10. The molecule has 0 aromatic heterocycles. The molecule has 2 rings (SSSR count). The molecule has 1 amide bonds. The first-order chi connectivity index (χ1) is 12.1. The van der Waals surface area contributed by atoms with E-state index in [2.05, 4.69) is 5.32 Å². The number of benzene rings is 2. The predicted octanol–water partition coefficient (Wildman–Crippen LogP) is 4.12. The van der Waals surface area contributed by atoms with Crippen LogP contribution in [0.4, 0.5) is 5.69 Å². The van der Waals surface area contributed by atoms with Crippen LogP contribution in [-0.2, 0) is 21.4 Å². The summed E-state index contributed by atoms with van der Waals surface area (Å²) < 4.78 is 25.5. The molecular weight excluding hydrogens is 419 g/mol. The molecule has 0 saturated heterocycles. The van der Waals surface area contributed by atoms with E-state index < -0.39 is 22.0 Å². The van der Waals surface area contributed by atoms with Crippen LogP contribution in [0.25, 0.3) is 0 Å². The summed E-state index contributed by atoms with van der Waals surface area (Å²) in [5.74, 6) is -0.471. The SMILES string of the molecule is C[C@H](C(=O)NCc1ccc(Cl)cc1)N(c1cc(Cl)ccc1Cl)S(C)(=O)=O. The quantitative estimate of drug-likeness (QED) is 0.742. The Kier molecular flexibility index (Phi) is 6.80. The van der Waals surface area contributed by atoms with Gasteiger partial charge in [-0.25, -0.2) is 8.42 Å². The standard InChI is InChI=1S/C17H17Cl3N2O3S/c1-11(17(23)21-10-12-3-5-13(18)6-4-12)22(26(2,24)25)16-9-14(19)7-8-15(16)20/h3-9,11H,10H2,1-2H3,(H,21,23)/t11-/m1/s1. The molecule has 0 heterocycles. The number of amides is 1. The van der Waals surface area contributed by atoms with E-state index in [1.807, 2.05) is 0 Å². The molecule has 0 aliphatic rings. The van der Waals surface area contributed by atoms with E-state index in [4.69, 9.17) is 34.8 Å². The summed E-state index contributed by atoms with van der Waals surface area (Å²) in [6, 6.07) is 10.4. The summed E-state index contributed by atoms with van der Waals surface area (Å²) in [5.41, 5.74) is 0.984. The molecule has 0 spiro atoms. The van der Waals surface area contributed by atoms with Gasteiger partial charge in [-0.2, -0.15) is 0 Å². The van der Waals surface area contributed by atoms with Gasteiger partial charge in [-0.1, -0.05) is 46.9 Å². The van der Waals surface area contributed by atoms with Gasteiger partial charge in [0.15, 0.2) is 0 Å². The van der Waals surface area contributed by atoms with Gasteiger partial charge in [-0.3, -0.25) is 9.10 Å². The van der Waals surface area contributed by atoms with Gasteiger partial charge in [0, 0.05) is 16.6 Å². The van der Waals surface area contributed by atoms with Crippen LogP contribution in [0.3, 0.4) is 0 Å². The van der Waals surface area contributed by atoms with E-state index in [0.717, 1.165) is 16.1 Å². The zero-order valence-electron chi connectivity index (χ0n) is 14.0. The van der Waals surface area contributed by atoms with Gasteiger partial charge in [0.1, 0.15) is 6.04 Å². The number of halogens is 3. The fraction of sp³-hybridized carbons (Fsp3) is 0.235. The highest BCUT2D eigenvalue weighted by Crippen LogP contribution is 2.32. The van der Waals surface area contributed by atoms with Crippen molar-refractivity contribution in [2.45, 2.75) is 19.5 Å². The molecular formula is C17H17Cl3N2O3S. The third-order valence-corrected chi connectivity index (χ3v) is 5.65. The van der Waals surface area contributed by atoms with E-state index >= 15 is 0 Å². The zero-order valence-corrected chi connectivity index (χ0v) is 17.1. The topological polar surface area (TPSA) is 66.5 Å². The number of carbonyl (C=O) groups excluding carboxylic acids is 1. The van der Waals surface area contributed by atoms with Crippen molar-refractivity contribution >= 4 is 56.4 Å². The van der Waals surface area contributed by atoms with Crippen molar-refractivity contribution in [1.29, 1.82) is 0 Å². The Labute approximate surface area is 167 Å². The van der Waals surface area contributed by atoms with Gasteiger partial charge >= 0.3 is 0 Å². The highest BCUT2D eigenvalue weighted by Gasteiger charge is 2.30. The van der Waals surface area contributed by atoms with Gasteiger partial charge in [-0.05, 0) is 42.8 Å². The minimum Gasteiger partial charge on any atom is -0.350 e. The van der Waals surface area contributed by atoms with Crippen LogP contribution in [-0.4, -0.2) is 26.6 Å². The average Bonchev–Trinajstić information content (AvgIpc) is 2.56. The van der Waals surface area contributed by atoms with E-state index in [-0.39, 0.29) is 17.3 Å². The molecule has 5 nitrogen and oxygen atoms in total. The summed E-state index contributed by atoms with van der Waals surface area (Å²) in [5, 5.41) is 3.79. The Morgan fingerprint density at radius 2 is 1.65 bits per heavy atom. The number of hydrogen-bond donors (Lipinski definition) is 1. The van der Waals surface area contributed by atoms with Crippen molar-refractivity contribution in [2.75, 3.05) is 10.6 Å². The number of hydrogen-bond acceptors (Lipinski definition) is 3. The summed E-state index contributed by atoms with van der Waals surface area (Å²) in [6.45, 7) is 1.72. The lowest BCUT2D eigenvalue weighted by Crippen LogP contribution is -2.47. The highest BCUT2D eigenvalue weighted by atomic mass is 35.5. The van der Waals surface area contributed by atoms with E-state index in [0.29, 0.717) is 10.0 Å². The number of rotatable bonds is 6. The van der Waals surface area contributed by atoms with Crippen molar-refractivity contribution in [3.8, 4) is 0 Å². The molecule has 0 saturated carbocycles. The Morgan fingerprint density at radius 1 is 1.08 bits per heavy atom. The average molecular weight is 436 g/mol. The maximum absolute atomic E-state index is 12.5. The first-order valence-corrected chi connectivity index (χ1v) is 10.5. The molecule has 1 atom stereocenters. The van der Waals surface area contributed by atoms with Gasteiger partial charge in [0.05, 0.1) is 17.0 Å². The molecule has 140 valence electrons. The molecule has 2 aromatic carbocycles. The Balaban J connectivity index is 2.23. The van der Waals surface area contributed by atoms with Gasteiger partial charge in [-0.15, -0.1) is 0 Å². The van der Waals surface area contributed by atoms with Crippen LogP contribution in [0.2, 0.25) is 15.1 Å². The molecule has 2 aromatic rings. The second kappa shape index (κ2) is 8.48. The summed E-state index contributed by atoms with van der Waals surface area (Å²) in [4.78, 5) is 12.5. The predicted molar refractivity (Wildman–Crippen MR) is 107 cm³/mol. The lowest BCUT2D eigenvalue weighted by atomic mass is 10.2. The summed E-state index contributed by atoms with van der Waals surface area (Å²) in [6.07, 6.45) is 1.01. The molecule has 0 aliphatic heterocycles. The molecule has 0 unspecified atom stereocenters. The maximum atomic E-state index is 12.5. The van der Waals surface area contributed by atoms with Gasteiger partial charge < -0.3 is 5.32 Å². The van der Waals surface area contributed by atoms with Crippen LogP contribution < -0.4 is 9.62 Å². The van der Waals surface area contributed by atoms with Crippen LogP contribution in [0.1, 0.15) is 12.5 Å². The number of nitrogens with zero attached hydrogens (tertiary/aromatic N) is 1. The Hall–Kier alpha value is -1.47. The molecule has 0 fully saturated rings. The number of carbonyl (C=O) groups is 1. The number of nitrogens with one attached hydrogen (secondary N) is 1. The van der Waals surface area contributed by atoms with Crippen LogP contribution >= 0.6 is 34.8 Å². The molecule has 0 aliphatic carbocycles. The van der Waals surface area contributed by atoms with Crippen LogP contribution in [0, 0.1) is 0 Å². The fourth-order valence-electron chi connectivity index (χ4n) is 2.37. The van der Waals surface area contributed by atoms with Crippen molar-refractivity contribution in [1.82, 2.24) is 5.32 Å². The molecule has 9 heteroatoms. The third-order valence-electron chi connectivity index (χ3n) is 3.61. The van der Waals surface area contributed by atoms with Crippen LogP contribution in [0.15, 0.2) is 42.5 Å². The highest BCUT2D eigenvalue weighted by molar-refractivity contribution is 7.92. The lowest BCUT2D eigenvalue weighted by molar-refractivity contribution is -0.122. The van der Waals surface area contributed by atoms with Gasteiger partial charge in [0.2, 0.25) is 15.9 Å². The van der Waals surface area contributed by atoms with Crippen molar-refractivity contribution in [3.63, 3.8) is 0 Å². The minimum absolute atomic E-state index is 0.149. The molecule has 0 bridgehead atoms. The maximum Gasteiger partial charge on any atom is 0.243 e. The van der Waals surface area contributed by atoms with Crippen molar-refractivity contribution in [3.05, 3.63) is 63.1 Å². The monoisotopic (exact) mass is 434 g/mol. The van der Waals surface area contributed by atoms with E-state index in [9.17, 15) is 13.2 Å². The van der Waals surface area contributed by atoms with Crippen LogP contribution in [0.5, 0.6) is 0 Å². The van der Waals surface area contributed by atoms with E-state index in [1.54, 1.807) is 30.3 Å². The number of anilines is 1. The van der Waals surface area contributed by atoms with Crippen molar-refractivity contribution in [2.24, 2.45) is 0 Å². The smallest absolute Gasteiger partial charge is 0.243 e. The van der Waals surface area contributed by atoms with Crippen molar-refractivity contribution < 1.29 is 13.2 Å². The summed E-state index contributed by atoms with van der Waals surface area (Å²) in [7, 11) is -3.78. The zero-order chi connectivity index (χ0) is 19.5. The third kappa shape index (κ3) is 5.27. The largest absolute Gasteiger partial charge is 0.350 e.